The predicted molar refractivity (Wildman–Crippen MR) is 64.8 cm³/mol. The van der Waals surface area contributed by atoms with Crippen LogP contribution in [0.5, 0.6) is 5.88 Å². The molecule has 0 saturated carbocycles. The molecule has 0 amide bonds. The van der Waals surface area contributed by atoms with Crippen molar-refractivity contribution < 1.29 is 14.4 Å². The highest BCUT2D eigenvalue weighted by Crippen LogP contribution is 2.30. The van der Waals surface area contributed by atoms with Crippen molar-refractivity contribution in [3.8, 4) is 5.88 Å². The van der Waals surface area contributed by atoms with Gasteiger partial charge in [0, 0.05) is 13.7 Å². The summed E-state index contributed by atoms with van der Waals surface area (Å²) >= 11 is 0. The summed E-state index contributed by atoms with van der Waals surface area (Å²) in [5, 5.41) is 13.5. The van der Waals surface area contributed by atoms with Gasteiger partial charge in [-0.15, -0.1) is 0 Å². The molecule has 100 valence electrons. The van der Waals surface area contributed by atoms with E-state index in [1.807, 2.05) is 6.92 Å². The topological polar surface area (TPSA) is 99.4 Å². The first-order valence-electron chi connectivity index (χ1n) is 5.58. The fraction of sp³-hybridized carbons (Fsp3) is 0.600. The summed E-state index contributed by atoms with van der Waals surface area (Å²) < 4.78 is 10.4. The Labute approximate surface area is 104 Å². The normalized spacial score (nSPS) is 10.1. The number of aromatic nitrogens is 2. The number of nitrogens with zero attached hydrogens (tertiary/aromatic N) is 3. The van der Waals surface area contributed by atoms with Crippen LogP contribution in [0.1, 0.15) is 13.3 Å². The Morgan fingerprint density at radius 1 is 1.39 bits per heavy atom. The minimum atomic E-state index is -0.575. The van der Waals surface area contributed by atoms with Crippen molar-refractivity contribution in [2.75, 3.05) is 32.2 Å². The summed E-state index contributed by atoms with van der Waals surface area (Å²) in [6.07, 6.45) is 2.12. The van der Waals surface area contributed by atoms with Crippen molar-refractivity contribution in [2.45, 2.75) is 13.3 Å². The molecule has 1 N–H and O–H groups in total. The number of anilines is 1. The number of nitro groups is 1. The first-order chi connectivity index (χ1) is 8.70. The summed E-state index contributed by atoms with van der Waals surface area (Å²) in [5.74, 6) is 0.0684. The molecule has 1 rings (SSSR count). The SMILES string of the molecule is CCCOCCOc1ncnc(NC)c1[N+](=O)[O-]. The van der Waals surface area contributed by atoms with E-state index in [9.17, 15) is 10.1 Å². The number of nitrogens with one attached hydrogen (secondary N) is 1. The van der Waals surface area contributed by atoms with Gasteiger partial charge in [-0.05, 0) is 6.42 Å². The lowest BCUT2D eigenvalue weighted by atomic mass is 10.4. The van der Waals surface area contributed by atoms with Gasteiger partial charge in [0.2, 0.25) is 5.82 Å². The summed E-state index contributed by atoms with van der Waals surface area (Å²) in [7, 11) is 1.55. The van der Waals surface area contributed by atoms with Gasteiger partial charge in [-0.3, -0.25) is 10.1 Å². The molecule has 0 radical (unpaired) electrons. The van der Waals surface area contributed by atoms with E-state index >= 15 is 0 Å². The molecule has 1 aromatic heterocycles. The molecular formula is C10H16N4O4. The molecule has 0 aliphatic rings. The average Bonchev–Trinajstić information content (AvgIpc) is 2.37. The lowest BCUT2D eigenvalue weighted by Gasteiger charge is -2.07. The van der Waals surface area contributed by atoms with Crippen LogP contribution in [0.3, 0.4) is 0 Å². The largest absolute Gasteiger partial charge is 0.470 e. The third kappa shape index (κ3) is 3.81. The first kappa shape index (κ1) is 14.1. The highest BCUT2D eigenvalue weighted by atomic mass is 16.6. The Balaban J connectivity index is 2.67. The first-order valence-corrected chi connectivity index (χ1v) is 5.58. The molecule has 1 aromatic rings. The quantitative estimate of drug-likeness (QED) is 0.424. The van der Waals surface area contributed by atoms with Crippen molar-refractivity contribution in [3.05, 3.63) is 16.4 Å². The van der Waals surface area contributed by atoms with Crippen LogP contribution in [-0.4, -0.2) is 41.8 Å². The number of ether oxygens (including phenoxy) is 2. The lowest BCUT2D eigenvalue weighted by molar-refractivity contribution is -0.385. The maximum Gasteiger partial charge on any atom is 0.372 e. The zero-order valence-electron chi connectivity index (χ0n) is 10.4. The molecule has 8 nitrogen and oxygen atoms in total. The Morgan fingerprint density at radius 2 is 2.17 bits per heavy atom. The van der Waals surface area contributed by atoms with Crippen LogP contribution in [0.4, 0.5) is 11.5 Å². The molecule has 8 heteroatoms. The third-order valence-corrected chi connectivity index (χ3v) is 2.02. The van der Waals surface area contributed by atoms with Crippen molar-refractivity contribution in [3.63, 3.8) is 0 Å². The molecule has 0 bridgehead atoms. The van der Waals surface area contributed by atoms with Crippen molar-refractivity contribution in [1.29, 1.82) is 0 Å². The van der Waals surface area contributed by atoms with E-state index in [4.69, 9.17) is 9.47 Å². The van der Waals surface area contributed by atoms with Gasteiger partial charge in [-0.25, -0.2) is 4.98 Å². The maximum absolute atomic E-state index is 10.9. The van der Waals surface area contributed by atoms with Crippen LogP contribution in [0.15, 0.2) is 6.33 Å². The van der Waals surface area contributed by atoms with E-state index in [1.54, 1.807) is 7.05 Å². The standard InChI is InChI=1S/C10H16N4O4/c1-3-4-17-5-6-18-10-8(14(15)16)9(11-2)12-7-13-10/h7H,3-6H2,1-2H3,(H,11,12,13). The van der Waals surface area contributed by atoms with E-state index in [2.05, 4.69) is 15.3 Å². The smallest absolute Gasteiger partial charge is 0.372 e. The Morgan fingerprint density at radius 3 is 2.78 bits per heavy atom. The molecule has 0 aliphatic heterocycles. The number of hydrogen-bond donors (Lipinski definition) is 1. The van der Waals surface area contributed by atoms with Crippen molar-refractivity contribution in [2.24, 2.45) is 0 Å². The van der Waals surface area contributed by atoms with Gasteiger partial charge in [-0.2, -0.15) is 4.98 Å². The minimum Gasteiger partial charge on any atom is -0.470 e. The monoisotopic (exact) mass is 256 g/mol. The molecular weight excluding hydrogens is 240 g/mol. The second kappa shape index (κ2) is 7.38. The highest BCUT2D eigenvalue weighted by molar-refractivity contribution is 5.60. The van der Waals surface area contributed by atoms with Crippen LogP contribution in [0, 0.1) is 10.1 Å². The van der Waals surface area contributed by atoms with Crippen LogP contribution < -0.4 is 10.1 Å². The van der Waals surface area contributed by atoms with E-state index in [0.29, 0.717) is 13.2 Å². The molecule has 0 spiro atoms. The summed E-state index contributed by atoms with van der Waals surface area (Å²) in [6, 6.07) is 0. The van der Waals surface area contributed by atoms with Crippen molar-refractivity contribution >= 4 is 11.5 Å². The summed E-state index contributed by atoms with van der Waals surface area (Å²) in [4.78, 5) is 17.9. The van der Waals surface area contributed by atoms with Gasteiger partial charge in [0.1, 0.15) is 12.9 Å². The second-order valence-electron chi connectivity index (χ2n) is 3.34. The van der Waals surface area contributed by atoms with E-state index in [1.165, 1.54) is 6.33 Å². The van der Waals surface area contributed by atoms with Crippen LogP contribution >= 0.6 is 0 Å². The van der Waals surface area contributed by atoms with Gasteiger partial charge in [0.15, 0.2) is 0 Å². The Bertz CT molecular complexity index is 399. The van der Waals surface area contributed by atoms with Gasteiger partial charge in [0.25, 0.3) is 5.88 Å². The fourth-order valence-corrected chi connectivity index (χ4v) is 1.26. The number of rotatable bonds is 8. The minimum absolute atomic E-state index is 0.0561. The molecule has 0 atom stereocenters. The van der Waals surface area contributed by atoms with Crippen molar-refractivity contribution in [1.82, 2.24) is 9.97 Å². The van der Waals surface area contributed by atoms with E-state index in [-0.39, 0.29) is 24.0 Å². The summed E-state index contributed by atoms with van der Waals surface area (Å²) in [6.45, 7) is 3.21. The molecule has 0 fully saturated rings. The summed E-state index contributed by atoms with van der Waals surface area (Å²) in [5.41, 5.74) is -0.268. The lowest BCUT2D eigenvalue weighted by Crippen LogP contribution is -2.10. The van der Waals surface area contributed by atoms with E-state index < -0.39 is 4.92 Å². The zero-order valence-corrected chi connectivity index (χ0v) is 10.4. The van der Waals surface area contributed by atoms with Gasteiger partial charge in [-0.1, -0.05) is 6.92 Å². The Hall–Kier alpha value is -1.96. The Kier molecular flexibility index (Phi) is 5.78. The second-order valence-corrected chi connectivity index (χ2v) is 3.34. The van der Waals surface area contributed by atoms with Gasteiger partial charge < -0.3 is 14.8 Å². The van der Waals surface area contributed by atoms with E-state index in [0.717, 1.165) is 6.42 Å². The van der Waals surface area contributed by atoms with Crippen LogP contribution in [-0.2, 0) is 4.74 Å². The number of hydrogen-bond acceptors (Lipinski definition) is 7. The van der Waals surface area contributed by atoms with Gasteiger partial charge in [0.05, 0.1) is 11.5 Å². The maximum atomic E-state index is 10.9. The predicted octanol–water partition coefficient (Wildman–Crippen LogP) is 1.23. The molecule has 0 aliphatic carbocycles. The highest BCUT2D eigenvalue weighted by Gasteiger charge is 2.23. The molecule has 0 unspecified atom stereocenters. The van der Waals surface area contributed by atoms with Crippen LogP contribution in [0.2, 0.25) is 0 Å². The fourth-order valence-electron chi connectivity index (χ4n) is 1.26. The average molecular weight is 256 g/mol. The molecule has 18 heavy (non-hydrogen) atoms. The van der Waals surface area contributed by atoms with Crippen LogP contribution in [0.25, 0.3) is 0 Å². The third-order valence-electron chi connectivity index (χ3n) is 2.02. The molecule has 0 aromatic carbocycles. The molecule has 0 saturated heterocycles. The zero-order chi connectivity index (χ0) is 13.4. The van der Waals surface area contributed by atoms with Gasteiger partial charge >= 0.3 is 5.69 Å². The molecule has 1 heterocycles.